The molecular formula is C11H16FNO. The largest absolute Gasteiger partial charge is 0.380 e. The van der Waals surface area contributed by atoms with Crippen LogP contribution in [-0.2, 0) is 11.2 Å². The molecule has 0 aromatic heterocycles. The summed E-state index contributed by atoms with van der Waals surface area (Å²) < 4.78 is 17.9. The zero-order valence-corrected chi connectivity index (χ0v) is 8.42. The highest BCUT2D eigenvalue weighted by Gasteiger charge is 1.93. The van der Waals surface area contributed by atoms with Gasteiger partial charge in [-0.25, -0.2) is 4.39 Å². The van der Waals surface area contributed by atoms with E-state index in [1.54, 1.807) is 12.1 Å². The van der Waals surface area contributed by atoms with Gasteiger partial charge in [-0.2, -0.15) is 0 Å². The monoisotopic (exact) mass is 197 g/mol. The third-order valence-electron chi connectivity index (χ3n) is 1.94. The van der Waals surface area contributed by atoms with Crippen molar-refractivity contribution in [3.05, 3.63) is 35.6 Å². The van der Waals surface area contributed by atoms with Crippen molar-refractivity contribution in [1.82, 2.24) is 5.32 Å². The quantitative estimate of drug-likeness (QED) is 0.699. The number of benzene rings is 1. The van der Waals surface area contributed by atoms with Gasteiger partial charge in [0.1, 0.15) is 5.82 Å². The highest BCUT2D eigenvalue weighted by atomic mass is 19.1. The van der Waals surface area contributed by atoms with Gasteiger partial charge in [-0.3, -0.25) is 0 Å². The Morgan fingerprint density at radius 1 is 1.21 bits per heavy atom. The van der Waals surface area contributed by atoms with E-state index >= 15 is 0 Å². The molecule has 0 atom stereocenters. The fourth-order valence-electron chi connectivity index (χ4n) is 1.12. The predicted molar refractivity (Wildman–Crippen MR) is 54.8 cm³/mol. The Labute approximate surface area is 84.1 Å². The van der Waals surface area contributed by atoms with Gasteiger partial charge < -0.3 is 10.1 Å². The average Bonchev–Trinajstić information content (AvgIpc) is 2.21. The van der Waals surface area contributed by atoms with Crippen LogP contribution in [0.2, 0.25) is 0 Å². The lowest BCUT2D eigenvalue weighted by Crippen LogP contribution is -2.15. The van der Waals surface area contributed by atoms with Crippen molar-refractivity contribution in [1.29, 1.82) is 0 Å². The second-order valence-corrected chi connectivity index (χ2v) is 3.09. The minimum atomic E-state index is -0.190. The molecule has 1 N–H and O–H groups in total. The molecule has 0 aliphatic carbocycles. The van der Waals surface area contributed by atoms with Crippen LogP contribution in [0.25, 0.3) is 0 Å². The van der Waals surface area contributed by atoms with E-state index in [1.807, 2.05) is 7.05 Å². The van der Waals surface area contributed by atoms with Gasteiger partial charge in [0.15, 0.2) is 0 Å². The topological polar surface area (TPSA) is 21.3 Å². The Morgan fingerprint density at radius 3 is 2.57 bits per heavy atom. The molecule has 0 aliphatic heterocycles. The number of likely N-dealkylation sites (N-methyl/N-ethyl adjacent to an activating group) is 1. The summed E-state index contributed by atoms with van der Waals surface area (Å²) in [7, 11) is 1.89. The molecule has 0 fully saturated rings. The number of hydrogen-bond donors (Lipinski definition) is 1. The van der Waals surface area contributed by atoms with E-state index in [2.05, 4.69) is 5.32 Å². The van der Waals surface area contributed by atoms with Gasteiger partial charge in [0.25, 0.3) is 0 Å². The van der Waals surface area contributed by atoms with Crippen LogP contribution in [0.3, 0.4) is 0 Å². The molecular weight excluding hydrogens is 181 g/mol. The van der Waals surface area contributed by atoms with Gasteiger partial charge in [-0.1, -0.05) is 12.1 Å². The first-order valence-corrected chi connectivity index (χ1v) is 4.79. The zero-order chi connectivity index (χ0) is 10.2. The minimum Gasteiger partial charge on any atom is -0.380 e. The highest BCUT2D eigenvalue weighted by molar-refractivity contribution is 5.15. The number of halogens is 1. The normalized spacial score (nSPS) is 10.4. The van der Waals surface area contributed by atoms with E-state index in [-0.39, 0.29) is 5.82 Å². The van der Waals surface area contributed by atoms with Gasteiger partial charge in [0.2, 0.25) is 0 Å². The van der Waals surface area contributed by atoms with Gasteiger partial charge in [-0.05, 0) is 31.2 Å². The lowest BCUT2D eigenvalue weighted by molar-refractivity contribution is 0.140. The van der Waals surface area contributed by atoms with E-state index < -0.39 is 0 Å². The Hall–Kier alpha value is -0.930. The predicted octanol–water partition coefficient (Wildman–Crippen LogP) is 1.60. The first-order valence-electron chi connectivity index (χ1n) is 4.79. The van der Waals surface area contributed by atoms with Crippen molar-refractivity contribution >= 4 is 0 Å². The van der Waals surface area contributed by atoms with Crippen LogP contribution >= 0.6 is 0 Å². The van der Waals surface area contributed by atoms with Gasteiger partial charge in [0, 0.05) is 6.54 Å². The molecule has 0 saturated heterocycles. The Bertz CT molecular complexity index is 248. The summed E-state index contributed by atoms with van der Waals surface area (Å²) in [6.07, 6.45) is 0.837. The van der Waals surface area contributed by atoms with Crippen LogP contribution in [0.1, 0.15) is 5.56 Å². The van der Waals surface area contributed by atoms with Gasteiger partial charge >= 0.3 is 0 Å². The van der Waals surface area contributed by atoms with Crippen molar-refractivity contribution in [2.24, 2.45) is 0 Å². The molecule has 1 aromatic carbocycles. The van der Waals surface area contributed by atoms with Gasteiger partial charge in [0.05, 0.1) is 13.2 Å². The molecule has 0 amide bonds. The summed E-state index contributed by atoms with van der Waals surface area (Å²) in [4.78, 5) is 0. The molecule has 0 saturated carbocycles. The van der Waals surface area contributed by atoms with Crippen molar-refractivity contribution in [2.45, 2.75) is 6.42 Å². The van der Waals surface area contributed by atoms with E-state index in [4.69, 9.17) is 4.74 Å². The van der Waals surface area contributed by atoms with Crippen molar-refractivity contribution in [3.8, 4) is 0 Å². The molecule has 0 bridgehead atoms. The van der Waals surface area contributed by atoms with Crippen LogP contribution in [0.5, 0.6) is 0 Å². The number of hydrogen-bond acceptors (Lipinski definition) is 2. The van der Waals surface area contributed by atoms with Crippen LogP contribution < -0.4 is 5.32 Å². The fraction of sp³-hybridized carbons (Fsp3) is 0.455. The number of ether oxygens (including phenoxy) is 1. The summed E-state index contributed by atoms with van der Waals surface area (Å²) in [6, 6.07) is 6.53. The minimum absolute atomic E-state index is 0.190. The maximum absolute atomic E-state index is 12.5. The van der Waals surface area contributed by atoms with Crippen molar-refractivity contribution < 1.29 is 9.13 Å². The first-order chi connectivity index (χ1) is 6.83. The van der Waals surface area contributed by atoms with E-state index in [1.165, 1.54) is 12.1 Å². The average molecular weight is 197 g/mol. The molecule has 14 heavy (non-hydrogen) atoms. The SMILES string of the molecule is CNCCOCCc1ccc(F)cc1. The van der Waals surface area contributed by atoms with E-state index in [0.29, 0.717) is 6.61 Å². The Morgan fingerprint density at radius 2 is 1.93 bits per heavy atom. The molecule has 3 heteroatoms. The molecule has 1 aromatic rings. The molecule has 0 spiro atoms. The molecule has 1 rings (SSSR count). The summed E-state index contributed by atoms with van der Waals surface area (Å²) in [5, 5.41) is 3.00. The second-order valence-electron chi connectivity index (χ2n) is 3.09. The first kappa shape index (κ1) is 11.1. The molecule has 0 aliphatic rings. The zero-order valence-electron chi connectivity index (χ0n) is 8.42. The summed E-state index contributed by atoms with van der Waals surface area (Å²) in [5.74, 6) is -0.190. The molecule has 2 nitrogen and oxygen atoms in total. The van der Waals surface area contributed by atoms with E-state index in [0.717, 1.165) is 25.1 Å². The van der Waals surface area contributed by atoms with Crippen molar-refractivity contribution in [3.63, 3.8) is 0 Å². The lowest BCUT2D eigenvalue weighted by atomic mass is 10.2. The van der Waals surface area contributed by atoms with Crippen LogP contribution in [0.4, 0.5) is 4.39 Å². The van der Waals surface area contributed by atoms with Crippen LogP contribution in [0, 0.1) is 5.82 Å². The standard InChI is InChI=1S/C11H16FNO/c1-13-7-9-14-8-6-10-2-4-11(12)5-3-10/h2-5,13H,6-9H2,1H3. The molecule has 0 radical (unpaired) electrons. The second kappa shape index (κ2) is 6.51. The molecule has 78 valence electrons. The maximum atomic E-state index is 12.5. The molecule has 0 heterocycles. The summed E-state index contributed by atoms with van der Waals surface area (Å²) in [5.41, 5.74) is 1.11. The van der Waals surface area contributed by atoms with Gasteiger partial charge in [-0.15, -0.1) is 0 Å². The highest BCUT2D eigenvalue weighted by Crippen LogP contribution is 2.03. The summed E-state index contributed by atoms with van der Waals surface area (Å²) in [6.45, 7) is 2.27. The Kier molecular flexibility index (Phi) is 5.19. The number of nitrogens with one attached hydrogen (secondary N) is 1. The lowest BCUT2D eigenvalue weighted by Gasteiger charge is -2.03. The van der Waals surface area contributed by atoms with Crippen molar-refractivity contribution in [2.75, 3.05) is 26.8 Å². The maximum Gasteiger partial charge on any atom is 0.123 e. The fourth-order valence-corrected chi connectivity index (χ4v) is 1.12. The third kappa shape index (κ3) is 4.35. The smallest absolute Gasteiger partial charge is 0.123 e. The van der Waals surface area contributed by atoms with Crippen LogP contribution in [0.15, 0.2) is 24.3 Å². The number of rotatable bonds is 6. The third-order valence-corrected chi connectivity index (χ3v) is 1.94. The summed E-state index contributed by atoms with van der Waals surface area (Å²) >= 11 is 0. The van der Waals surface area contributed by atoms with Crippen LogP contribution in [-0.4, -0.2) is 26.8 Å². The Balaban J connectivity index is 2.15. The molecule has 0 unspecified atom stereocenters. The van der Waals surface area contributed by atoms with E-state index in [9.17, 15) is 4.39 Å².